The average Bonchev–Trinajstić information content (AvgIpc) is 3.32. The van der Waals surface area contributed by atoms with Crippen LogP contribution in [0.5, 0.6) is 5.75 Å². The van der Waals surface area contributed by atoms with Crippen LogP contribution in [-0.4, -0.2) is 22.0 Å². The van der Waals surface area contributed by atoms with Crippen molar-refractivity contribution in [3.8, 4) is 34.0 Å². The first-order valence-corrected chi connectivity index (χ1v) is 8.61. The standard InChI is InChI=1S/C21H17N3O2/c1-25-17-10-8-16(9-11-17)24-20(14-5-3-2-4-6-14)19-18(23-24)12-7-15-13-22-26-21(15)19/h2-6,8-11,13H,7,12H2,1H3. The Morgan fingerprint density at radius 3 is 2.58 bits per heavy atom. The van der Waals surface area contributed by atoms with Gasteiger partial charge in [-0.1, -0.05) is 35.5 Å². The molecular formula is C21H17N3O2. The lowest BCUT2D eigenvalue weighted by atomic mass is 9.93. The van der Waals surface area contributed by atoms with Crippen LogP contribution in [0.2, 0.25) is 0 Å². The van der Waals surface area contributed by atoms with Crippen LogP contribution in [0.1, 0.15) is 11.3 Å². The van der Waals surface area contributed by atoms with Gasteiger partial charge < -0.3 is 9.26 Å². The van der Waals surface area contributed by atoms with Crippen molar-refractivity contribution < 1.29 is 9.26 Å². The van der Waals surface area contributed by atoms with Gasteiger partial charge in [-0.15, -0.1) is 0 Å². The third-order valence-corrected chi connectivity index (χ3v) is 4.82. The third kappa shape index (κ3) is 2.24. The zero-order chi connectivity index (χ0) is 17.5. The number of aromatic nitrogens is 3. The van der Waals surface area contributed by atoms with Gasteiger partial charge in [0.25, 0.3) is 0 Å². The van der Waals surface area contributed by atoms with Crippen LogP contribution >= 0.6 is 0 Å². The summed E-state index contributed by atoms with van der Waals surface area (Å²) in [4.78, 5) is 0. The van der Waals surface area contributed by atoms with E-state index >= 15 is 0 Å². The highest BCUT2D eigenvalue weighted by molar-refractivity contribution is 5.84. The topological polar surface area (TPSA) is 53.1 Å². The molecule has 0 fully saturated rings. The molecule has 0 amide bonds. The predicted molar refractivity (Wildman–Crippen MR) is 98.5 cm³/mol. The van der Waals surface area contributed by atoms with Gasteiger partial charge in [-0.2, -0.15) is 5.10 Å². The van der Waals surface area contributed by atoms with Crippen LogP contribution in [-0.2, 0) is 12.8 Å². The van der Waals surface area contributed by atoms with Crippen LogP contribution in [0.4, 0.5) is 0 Å². The smallest absolute Gasteiger partial charge is 0.174 e. The molecule has 1 aliphatic rings. The van der Waals surface area contributed by atoms with Crippen molar-refractivity contribution in [2.24, 2.45) is 0 Å². The maximum Gasteiger partial charge on any atom is 0.174 e. The Morgan fingerprint density at radius 1 is 1.00 bits per heavy atom. The molecule has 0 N–H and O–H groups in total. The van der Waals surface area contributed by atoms with E-state index in [4.69, 9.17) is 14.4 Å². The van der Waals surface area contributed by atoms with Crippen molar-refractivity contribution in [1.82, 2.24) is 14.9 Å². The Morgan fingerprint density at radius 2 is 1.81 bits per heavy atom. The summed E-state index contributed by atoms with van der Waals surface area (Å²) >= 11 is 0. The summed E-state index contributed by atoms with van der Waals surface area (Å²) < 4.78 is 12.9. The van der Waals surface area contributed by atoms with Gasteiger partial charge in [-0.25, -0.2) is 4.68 Å². The van der Waals surface area contributed by atoms with Crippen LogP contribution in [0, 0.1) is 0 Å². The Balaban J connectivity index is 1.78. The Labute approximate surface area is 150 Å². The lowest BCUT2D eigenvalue weighted by molar-refractivity contribution is 0.414. The predicted octanol–water partition coefficient (Wildman–Crippen LogP) is 4.30. The maximum absolute atomic E-state index is 5.61. The molecule has 2 heterocycles. The lowest BCUT2D eigenvalue weighted by Crippen LogP contribution is -2.01. The number of rotatable bonds is 3. The first-order chi connectivity index (χ1) is 12.8. The molecule has 26 heavy (non-hydrogen) atoms. The number of nitrogens with zero attached hydrogens (tertiary/aromatic N) is 3. The molecule has 5 rings (SSSR count). The molecule has 0 bridgehead atoms. The van der Waals surface area contributed by atoms with E-state index in [1.807, 2.05) is 53.3 Å². The highest BCUT2D eigenvalue weighted by Crippen LogP contribution is 2.41. The van der Waals surface area contributed by atoms with Gasteiger partial charge in [-0.05, 0) is 37.1 Å². The molecule has 1 aliphatic carbocycles. The zero-order valence-electron chi connectivity index (χ0n) is 14.3. The Hall–Kier alpha value is -3.34. The normalized spacial score (nSPS) is 12.5. The highest BCUT2D eigenvalue weighted by Gasteiger charge is 2.29. The minimum absolute atomic E-state index is 0.824. The van der Waals surface area contributed by atoms with Gasteiger partial charge in [0.1, 0.15) is 5.75 Å². The zero-order valence-corrected chi connectivity index (χ0v) is 14.3. The second kappa shape index (κ2) is 5.88. The van der Waals surface area contributed by atoms with Gasteiger partial charge in [0.2, 0.25) is 0 Å². The monoisotopic (exact) mass is 343 g/mol. The molecule has 0 atom stereocenters. The maximum atomic E-state index is 5.61. The molecule has 0 spiro atoms. The summed E-state index contributed by atoms with van der Waals surface area (Å²) in [6.45, 7) is 0. The molecule has 2 aromatic carbocycles. The molecule has 0 saturated carbocycles. The first-order valence-electron chi connectivity index (χ1n) is 8.61. The fraction of sp³-hybridized carbons (Fsp3) is 0.143. The van der Waals surface area contributed by atoms with E-state index in [9.17, 15) is 0 Å². The fourth-order valence-corrected chi connectivity index (χ4v) is 3.55. The van der Waals surface area contributed by atoms with E-state index in [-0.39, 0.29) is 0 Å². The molecule has 0 radical (unpaired) electrons. The van der Waals surface area contributed by atoms with E-state index in [2.05, 4.69) is 17.3 Å². The number of benzene rings is 2. The van der Waals surface area contributed by atoms with Crippen molar-refractivity contribution in [1.29, 1.82) is 0 Å². The third-order valence-electron chi connectivity index (χ3n) is 4.82. The number of aryl methyl sites for hydroxylation is 2. The van der Waals surface area contributed by atoms with Crippen molar-refractivity contribution in [2.45, 2.75) is 12.8 Å². The molecule has 4 aromatic rings. The minimum Gasteiger partial charge on any atom is -0.497 e. The number of methoxy groups -OCH3 is 1. The van der Waals surface area contributed by atoms with Gasteiger partial charge in [0.15, 0.2) is 5.76 Å². The molecule has 2 aromatic heterocycles. The molecule has 0 aliphatic heterocycles. The molecular weight excluding hydrogens is 326 g/mol. The van der Waals surface area contributed by atoms with E-state index in [1.54, 1.807) is 7.11 Å². The Kier molecular flexibility index (Phi) is 3.38. The summed E-state index contributed by atoms with van der Waals surface area (Å²) in [5.74, 6) is 1.66. The van der Waals surface area contributed by atoms with Gasteiger partial charge in [0, 0.05) is 11.1 Å². The average molecular weight is 343 g/mol. The van der Waals surface area contributed by atoms with E-state index in [0.717, 1.165) is 58.1 Å². The summed E-state index contributed by atoms with van der Waals surface area (Å²) in [5.41, 5.74) is 6.35. The second-order valence-electron chi connectivity index (χ2n) is 6.33. The summed E-state index contributed by atoms with van der Waals surface area (Å²) in [6, 6.07) is 18.2. The summed E-state index contributed by atoms with van der Waals surface area (Å²) in [5, 5.41) is 8.93. The molecule has 0 saturated heterocycles. The van der Waals surface area contributed by atoms with E-state index in [1.165, 1.54) is 0 Å². The second-order valence-corrected chi connectivity index (χ2v) is 6.33. The van der Waals surface area contributed by atoms with Gasteiger partial charge in [0.05, 0.1) is 35.9 Å². The van der Waals surface area contributed by atoms with Crippen LogP contribution < -0.4 is 4.74 Å². The van der Waals surface area contributed by atoms with Crippen molar-refractivity contribution in [3.05, 3.63) is 72.1 Å². The number of hydrogen-bond donors (Lipinski definition) is 0. The molecule has 0 unspecified atom stereocenters. The minimum atomic E-state index is 0.824. The van der Waals surface area contributed by atoms with Crippen LogP contribution in [0.15, 0.2) is 65.3 Å². The summed E-state index contributed by atoms with van der Waals surface area (Å²) in [7, 11) is 1.67. The summed E-state index contributed by atoms with van der Waals surface area (Å²) in [6.07, 6.45) is 3.60. The number of fused-ring (bicyclic) bond motifs is 3. The van der Waals surface area contributed by atoms with Gasteiger partial charge >= 0.3 is 0 Å². The quantitative estimate of drug-likeness (QED) is 0.556. The Bertz CT molecular complexity index is 1060. The van der Waals surface area contributed by atoms with Crippen molar-refractivity contribution in [2.75, 3.05) is 7.11 Å². The van der Waals surface area contributed by atoms with E-state index in [0.29, 0.717) is 0 Å². The first kappa shape index (κ1) is 15.0. The highest BCUT2D eigenvalue weighted by atomic mass is 16.5. The largest absolute Gasteiger partial charge is 0.497 e. The number of hydrogen-bond acceptors (Lipinski definition) is 4. The van der Waals surface area contributed by atoms with E-state index < -0.39 is 0 Å². The molecule has 5 nitrogen and oxygen atoms in total. The molecule has 5 heteroatoms. The van der Waals surface area contributed by atoms with Crippen LogP contribution in [0.3, 0.4) is 0 Å². The van der Waals surface area contributed by atoms with Crippen molar-refractivity contribution >= 4 is 0 Å². The lowest BCUT2D eigenvalue weighted by Gasteiger charge is -2.12. The molecule has 128 valence electrons. The fourth-order valence-electron chi connectivity index (χ4n) is 3.55. The van der Waals surface area contributed by atoms with Gasteiger partial charge in [-0.3, -0.25) is 0 Å². The SMILES string of the molecule is COc1ccc(-n2nc3c(c2-c2ccccc2)-c2oncc2CC3)cc1. The van der Waals surface area contributed by atoms with Crippen molar-refractivity contribution in [3.63, 3.8) is 0 Å². The number of ether oxygens (including phenoxy) is 1. The van der Waals surface area contributed by atoms with Crippen LogP contribution in [0.25, 0.3) is 28.3 Å².